The number of hydrogen-bond donors (Lipinski definition) is 4. The molecule has 0 spiro atoms. The zero-order chi connectivity index (χ0) is 31.9. The molecule has 44 heavy (non-hydrogen) atoms. The zero-order valence-electron chi connectivity index (χ0n) is 24.7. The Morgan fingerprint density at radius 1 is 1.11 bits per heavy atom. The van der Waals surface area contributed by atoms with Crippen molar-refractivity contribution < 1.29 is 42.9 Å². The number of benzene rings is 2. The van der Waals surface area contributed by atoms with Gasteiger partial charge < -0.3 is 24.2 Å². The highest BCUT2D eigenvalue weighted by molar-refractivity contribution is 7.52. The molecule has 6 atom stereocenters. The molecule has 0 bridgehead atoms. The number of carbonyl (C=O) groups excluding carboxylic acids is 1. The summed E-state index contributed by atoms with van der Waals surface area (Å²) in [5.74, 6) is -0.379. The largest absolute Gasteiger partial charge is 0.462 e. The molecule has 2 aromatic carbocycles. The van der Waals surface area contributed by atoms with Crippen LogP contribution >= 0.6 is 7.75 Å². The molecule has 1 aliphatic rings. The number of carbonyl (C=O) groups is 1. The van der Waals surface area contributed by atoms with E-state index in [-0.39, 0.29) is 18.2 Å². The quantitative estimate of drug-likeness (QED) is 0.116. The summed E-state index contributed by atoms with van der Waals surface area (Å²) in [7, 11) is -4.28. The summed E-state index contributed by atoms with van der Waals surface area (Å²) < 4.78 is 37.0. The summed E-state index contributed by atoms with van der Waals surface area (Å²) in [5, 5.41) is 24.6. The number of ether oxygens (including phenoxy) is 2. The van der Waals surface area contributed by atoms with E-state index in [4.69, 9.17) is 23.4 Å². The SMILES string of the molecule is CC(C)OC(=O)[C@H](C)NP(=O)(OC[C@H]1O[C@@H](n2ccc(NOCc3ccccc3)nc2=O)[C@](C)(O)[C@@H]1O)Oc1ccccc1. The average molecular weight is 633 g/mol. The number of nitrogens with zero attached hydrogens (tertiary/aromatic N) is 2. The van der Waals surface area contributed by atoms with Crippen LogP contribution < -0.4 is 20.8 Å². The van der Waals surface area contributed by atoms with E-state index >= 15 is 0 Å². The maximum absolute atomic E-state index is 13.8. The molecular weight excluding hydrogens is 595 g/mol. The Morgan fingerprint density at radius 2 is 1.77 bits per heavy atom. The molecule has 15 heteroatoms. The molecule has 1 saturated heterocycles. The maximum atomic E-state index is 13.8. The highest BCUT2D eigenvalue weighted by atomic mass is 31.2. The van der Waals surface area contributed by atoms with Gasteiger partial charge in [-0.1, -0.05) is 48.5 Å². The Balaban J connectivity index is 1.44. The molecule has 1 unspecified atom stereocenters. The van der Waals surface area contributed by atoms with Gasteiger partial charge in [-0.05, 0) is 51.5 Å². The van der Waals surface area contributed by atoms with Gasteiger partial charge in [0.25, 0.3) is 0 Å². The number of hydrogen-bond acceptors (Lipinski definition) is 12. The molecule has 0 saturated carbocycles. The van der Waals surface area contributed by atoms with Gasteiger partial charge >= 0.3 is 19.4 Å². The van der Waals surface area contributed by atoms with Crippen LogP contribution in [0, 0.1) is 0 Å². The number of aromatic nitrogens is 2. The number of nitrogens with one attached hydrogen (secondary N) is 2. The molecule has 2 heterocycles. The molecule has 14 nitrogen and oxygen atoms in total. The van der Waals surface area contributed by atoms with E-state index in [1.54, 1.807) is 44.2 Å². The third-order valence-corrected chi connectivity index (χ3v) is 8.17. The topological polar surface area (TPSA) is 180 Å². The second-order valence-electron chi connectivity index (χ2n) is 10.6. The summed E-state index contributed by atoms with van der Waals surface area (Å²) in [4.78, 5) is 34.6. The van der Waals surface area contributed by atoms with Gasteiger partial charge in [-0.2, -0.15) is 10.1 Å². The van der Waals surface area contributed by atoms with Crippen molar-refractivity contribution in [3.63, 3.8) is 0 Å². The van der Waals surface area contributed by atoms with Crippen LogP contribution in [0.25, 0.3) is 0 Å². The minimum atomic E-state index is -4.28. The zero-order valence-corrected chi connectivity index (χ0v) is 25.6. The molecule has 1 fully saturated rings. The molecule has 238 valence electrons. The van der Waals surface area contributed by atoms with E-state index in [1.807, 2.05) is 30.3 Å². The first-order valence-electron chi connectivity index (χ1n) is 13.9. The lowest BCUT2D eigenvalue weighted by Gasteiger charge is -2.27. The molecule has 0 amide bonds. The van der Waals surface area contributed by atoms with Crippen LogP contribution in [0.2, 0.25) is 0 Å². The minimum Gasteiger partial charge on any atom is -0.462 e. The number of esters is 1. The van der Waals surface area contributed by atoms with Gasteiger partial charge in [0.1, 0.15) is 29.6 Å². The number of para-hydroxylation sites is 1. The van der Waals surface area contributed by atoms with E-state index in [9.17, 15) is 24.4 Å². The van der Waals surface area contributed by atoms with Gasteiger partial charge in [-0.3, -0.25) is 18.7 Å². The highest BCUT2D eigenvalue weighted by Crippen LogP contribution is 2.47. The highest BCUT2D eigenvalue weighted by Gasteiger charge is 2.54. The van der Waals surface area contributed by atoms with Gasteiger partial charge in [0.15, 0.2) is 12.0 Å². The summed E-state index contributed by atoms with van der Waals surface area (Å²) >= 11 is 0. The smallest absolute Gasteiger partial charge is 0.459 e. The number of aliphatic hydroxyl groups is 2. The van der Waals surface area contributed by atoms with E-state index in [0.29, 0.717) is 0 Å². The first-order valence-corrected chi connectivity index (χ1v) is 15.5. The maximum Gasteiger partial charge on any atom is 0.459 e. The van der Waals surface area contributed by atoms with Crippen molar-refractivity contribution in [3.8, 4) is 5.75 Å². The van der Waals surface area contributed by atoms with Gasteiger partial charge in [-0.15, -0.1) is 0 Å². The van der Waals surface area contributed by atoms with Gasteiger partial charge in [-0.25, -0.2) is 14.8 Å². The Kier molecular flexibility index (Phi) is 10.9. The molecular formula is C29H37N4O10P. The molecule has 0 radical (unpaired) electrons. The van der Waals surface area contributed by atoms with E-state index in [2.05, 4.69) is 15.6 Å². The fourth-order valence-electron chi connectivity index (χ4n) is 4.30. The van der Waals surface area contributed by atoms with Crippen LogP contribution in [-0.4, -0.2) is 62.3 Å². The van der Waals surface area contributed by atoms with Crippen molar-refractivity contribution in [2.45, 2.75) is 70.5 Å². The van der Waals surface area contributed by atoms with E-state index in [0.717, 1.165) is 10.1 Å². The summed E-state index contributed by atoms with van der Waals surface area (Å²) in [5.41, 5.74) is 0.727. The van der Waals surface area contributed by atoms with Crippen LogP contribution in [-0.2, 0) is 34.8 Å². The number of anilines is 1. The fraction of sp³-hybridized carbons (Fsp3) is 0.414. The lowest BCUT2D eigenvalue weighted by atomic mass is 9.96. The minimum absolute atomic E-state index is 0.121. The van der Waals surface area contributed by atoms with Crippen molar-refractivity contribution in [2.75, 3.05) is 12.1 Å². The standard InChI is InChI=1S/C29H37N4O10P/c1-19(2)41-26(35)20(3)32-44(38,43-22-13-9-6-10-14-22)40-18-23-25(34)29(4,37)27(42-23)33-16-15-24(30-28(33)36)31-39-17-21-11-7-5-8-12-21/h5-16,19-20,23,25,27,34,37H,17-18H2,1-4H3,(H,32,38)(H,30,31,36)/t20-,23+,25+,27+,29+,44?/m0/s1. The van der Waals surface area contributed by atoms with Gasteiger partial charge in [0, 0.05) is 6.20 Å². The normalized spacial score (nSPS) is 23.6. The molecule has 4 N–H and O–H groups in total. The summed E-state index contributed by atoms with van der Waals surface area (Å²) in [6, 6.07) is 17.9. The molecule has 0 aliphatic carbocycles. The number of aliphatic hydroxyl groups excluding tert-OH is 1. The summed E-state index contributed by atoms with van der Waals surface area (Å²) in [6.07, 6.45) is -3.31. The first-order chi connectivity index (χ1) is 20.9. The lowest BCUT2D eigenvalue weighted by molar-refractivity contribution is -0.149. The van der Waals surface area contributed by atoms with Gasteiger partial charge in [0.05, 0.1) is 19.3 Å². The van der Waals surface area contributed by atoms with Crippen molar-refractivity contribution in [1.29, 1.82) is 0 Å². The molecule has 1 aliphatic heterocycles. The lowest BCUT2D eigenvalue weighted by Crippen LogP contribution is -2.46. The van der Waals surface area contributed by atoms with E-state index in [1.165, 1.54) is 26.1 Å². The average Bonchev–Trinajstić information content (AvgIpc) is 3.20. The van der Waals surface area contributed by atoms with Crippen molar-refractivity contribution in [1.82, 2.24) is 14.6 Å². The summed E-state index contributed by atoms with van der Waals surface area (Å²) in [6.45, 7) is 5.74. The van der Waals surface area contributed by atoms with Crippen LogP contribution in [0.4, 0.5) is 5.82 Å². The monoisotopic (exact) mass is 632 g/mol. The second-order valence-corrected chi connectivity index (χ2v) is 12.3. The van der Waals surface area contributed by atoms with Crippen molar-refractivity contribution in [3.05, 3.63) is 89.0 Å². The van der Waals surface area contributed by atoms with Crippen molar-refractivity contribution >= 4 is 19.5 Å². The third-order valence-electron chi connectivity index (χ3n) is 6.53. The van der Waals surface area contributed by atoms with Gasteiger partial charge in [0.2, 0.25) is 0 Å². The predicted octanol–water partition coefficient (Wildman–Crippen LogP) is 2.93. The molecule has 4 rings (SSSR count). The second kappa shape index (κ2) is 14.4. The van der Waals surface area contributed by atoms with E-state index < -0.39 is 62.2 Å². The Morgan fingerprint density at radius 3 is 2.41 bits per heavy atom. The molecule has 1 aromatic heterocycles. The van der Waals surface area contributed by atoms with Crippen LogP contribution in [0.1, 0.15) is 39.5 Å². The Hall–Kier alpha value is -3.62. The van der Waals surface area contributed by atoms with Crippen molar-refractivity contribution in [2.24, 2.45) is 0 Å². The van der Waals surface area contributed by atoms with Crippen LogP contribution in [0.15, 0.2) is 77.7 Å². The molecule has 3 aromatic rings. The van der Waals surface area contributed by atoms with Crippen LogP contribution in [0.3, 0.4) is 0 Å². The van der Waals surface area contributed by atoms with Crippen LogP contribution in [0.5, 0.6) is 5.75 Å². The number of rotatable bonds is 14. The Bertz CT molecular complexity index is 1490. The third kappa shape index (κ3) is 8.51. The first kappa shape index (κ1) is 33.3. The predicted molar refractivity (Wildman–Crippen MR) is 158 cm³/mol. The Labute approximate surface area is 254 Å². The fourth-order valence-corrected chi connectivity index (χ4v) is 5.80.